The fraction of sp³-hybridized carbons (Fsp3) is 0.533. The number of nitrogens with one attached hydrogen (secondary N) is 1. The molecule has 110 valence electrons. The minimum absolute atomic E-state index is 0.0986. The summed E-state index contributed by atoms with van der Waals surface area (Å²) in [5.41, 5.74) is 0.0986. The van der Waals surface area contributed by atoms with Crippen LogP contribution in [0.4, 0.5) is 8.78 Å². The Labute approximate surface area is 126 Å². The molecule has 2 nitrogen and oxygen atoms in total. The summed E-state index contributed by atoms with van der Waals surface area (Å²) in [5, 5.41) is 2.82. The van der Waals surface area contributed by atoms with Crippen LogP contribution in [0.5, 0.6) is 0 Å². The lowest BCUT2D eigenvalue weighted by molar-refractivity contribution is -0.120. The first-order valence-corrected chi connectivity index (χ1v) is 7.83. The highest BCUT2D eigenvalue weighted by Gasteiger charge is 2.23. The van der Waals surface area contributed by atoms with E-state index in [4.69, 9.17) is 0 Å². The van der Waals surface area contributed by atoms with Gasteiger partial charge in [0.25, 0.3) is 0 Å². The van der Waals surface area contributed by atoms with E-state index in [0.29, 0.717) is 17.3 Å². The first-order chi connectivity index (χ1) is 9.58. The van der Waals surface area contributed by atoms with Crippen molar-refractivity contribution in [2.75, 3.05) is 6.54 Å². The molecule has 0 aliphatic heterocycles. The minimum atomic E-state index is -0.932. The highest BCUT2D eigenvalue weighted by molar-refractivity contribution is 9.09. The Hall–Kier alpha value is -0.970. The van der Waals surface area contributed by atoms with Gasteiger partial charge in [0.1, 0.15) is 0 Å². The molecule has 5 heteroatoms. The molecule has 1 aromatic carbocycles. The van der Waals surface area contributed by atoms with Crippen LogP contribution in [0.2, 0.25) is 0 Å². The van der Waals surface area contributed by atoms with Crippen molar-refractivity contribution < 1.29 is 13.6 Å². The van der Waals surface area contributed by atoms with Crippen molar-refractivity contribution >= 4 is 21.8 Å². The quantitative estimate of drug-likeness (QED) is 0.830. The van der Waals surface area contributed by atoms with Gasteiger partial charge in [-0.15, -0.1) is 0 Å². The van der Waals surface area contributed by atoms with E-state index >= 15 is 0 Å². The van der Waals surface area contributed by atoms with Gasteiger partial charge >= 0.3 is 0 Å². The largest absolute Gasteiger partial charge is 0.355 e. The molecule has 1 aliphatic carbocycles. The van der Waals surface area contributed by atoms with Gasteiger partial charge in [0.15, 0.2) is 11.6 Å². The van der Waals surface area contributed by atoms with Crippen LogP contribution in [0.1, 0.15) is 31.2 Å². The summed E-state index contributed by atoms with van der Waals surface area (Å²) in [6.45, 7) is 0.589. The summed E-state index contributed by atoms with van der Waals surface area (Å²) in [6.07, 6.45) is 4.49. The van der Waals surface area contributed by atoms with E-state index in [1.54, 1.807) is 0 Å². The summed E-state index contributed by atoms with van der Waals surface area (Å²) >= 11 is 3.63. The van der Waals surface area contributed by atoms with Gasteiger partial charge in [0.05, 0.1) is 6.42 Å². The smallest absolute Gasteiger partial charge is 0.224 e. The second-order valence-electron chi connectivity index (χ2n) is 5.25. The number of benzene rings is 1. The maximum Gasteiger partial charge on any atom is 0.224 e. The van der Waals surface area contributed by atoms with E-state index in [0.717, 1.165) is 18.9 Å². The van der Waals surface area contributed by atoms with Gasteiger partial charge in [-0.1, -0.05) is 40.9 Å². The first kappa shape index (κ1) is 15.4. The predicted octanol–water partition coefficient (Wildman–Crippen LogP) is 3.58. The first-order valence-electron chi connectivity index (χ1n) is 6.91. The summed E-state index contributed by atoms with van der Waals surface area (Å²) in [4.78, 5) is 12.2. The number of alkyl halides is 1. The van der Waals surface area contributed by atoms with Crippen LogP contribution >= 0.6 is 15.9 Å². The molecule has 1 amide bonds. The molecule has 1 N–H and O–H groups in total. The molecular weight excluding hydrogens is 328 g/mol. The van der Waals surface area contributed by atoms with Crippen molar-refractivity contribution in [3.8, 4) is 0 Å². The Bertz CT molecular complexity index is 481. The van der Waals surface area contributed by atoms with E-state index < -0.39 is 11.6 Å². The van der Waals surface area contributed by atoms with Crippen LogP contribution in [0.3, 0.4) is 0 Å². The molecule has 0 heterocycles. The van der Waals surface area contributed by atoms with E-state index in [-0.39, 0.29) is 17.9 Å². The third kappa shape index (κ3) is 4.01. The van der Waals surface area contributed by atoms with E-state index in [9.17, 15) is 13.6 Å². The average molecular weight is 346 g/mol. The van der Waals surface area contributed by atoms with Crippen LogP contribution in [0.15, 0.2) is 18.2 Å². The van der Waals surface area contributed by atoms with Gasteiger partial charge in [-0.3, -0.25) is 4.79 Å². The molecule has 0 saturated heterocycles. The van der Waals surface area contributed by atoms with E-state index in [1.807, 2.05) is 0 Å². The number of carbonyl (C=O) groups excluding carboxylic acids is 1. The Morgan fingerprint density at radius 3 is 2.80 bits per heavy atom. The summed E-state index contributed by atoms with van der Waals surface area (Å²) in [7, 11) is 0. The molecule has 0 bridgehead atoms. The van der Waals surface area contributed by atoms with Gasteiger partial charge in [0, 0.05) is 16.9 Å². The van der Waals surface area contributed by atoms with Crippen molar-refractivity contribution in [2.24, 2.45) is 5.92 Å². The number of carbonyl (C=O) groups is 1. The fourth-order valence-corrected chi connectivity index (χ4v) is 3.33. The zero-order valence-corrected chi connectivity index (χ0v) is 12.8. The lowest BCUT2D eigenvalue weighted by Gasteiger charge is -2.27. The van der Waals surface area contributed by atoms with E-state index in [2.05, 4.69) is 21.2 Å². The third-order valence-corrected chi connectivity index (χ3v) is 4.97. The van der Waals surface area contributed by atoms with Crippen molar-refractivity contribution in [3.63, 3.8) is 0 Å². The van der Waals surface area contributed by atoms with Crippen LogP contribution in [0.25, 0.3) is 0 Å². The summed E-state index contributed by atoms with van der Waals surface area (Å²) in [6, 6.07) is 3.90. The Balaban J connectivity index is 1.85. The SMILES string of the molecule is O=C(Cc1cccc(F)c1F)NCC1CCCCC1Br. The van der Waals surface area contributed by atoms with Gasteiger partial charge < -0.3 is 5.32 Å². The van der Waals surface area contributed by atoms with E-state index in [1.165, 1.54) is 25.0 Å². The van der Waals surface area contributed by atoms with Gasteiger partial charge in [-0.25, -0.2) is 8.78 Å². The maximum atomic E-state index is 13.5. The van der Waals surface area contributed by atoms with Crippen LogP contribution in [-0.4, -0.2) is 17.3 Å². The van der Waals surface area contributed by atoms with Crippen molar-refractivity contribution in [2.45, 2.75) is 36.9 Å². The summed E-state index contributed by atoms with van der Waals surface area (Å²) in [5.74, 6) is -1.69. The third-order valence-electron chi connectivity index (χ3n) is 3.76. The normalized spacial score (nSPS) is 22.6. The van der Waals surface area contributed by atoms with Crippen molar-refractivity contribution in [1.82, 2.24) is 5.32 Å². The van der Waals surface area contributed by atoms with Crippen molar-refractivity contribution in [3.05, 3.63) is 35.4 Å². The van der Waals surface area contributed by atoms with Gasteiger partial charge in [-0.2, -0.15) is 0 Å². The van der Waals surface area contributed by atoms with Gasteiger partial charge in [-0.05, 0) is 24.8 Å². The molecule has 20 heavy (non-hydrogen) atoms. The number of halogens is 3. The van der Waals surface area contributed by atoms with Crippen LogP contribution in [0, 0.1) is 17.6 Å². The zero-order chi connectivity index (χ0) is 14.5. The lowest BCUT2D eigenvalue weighted by atomic mass is 9.89. The molecule has 1 aliphatic rings. The Morgan fingerprint density at radius 2 is 2.05 bits per heavy atom. The molecule has 1 fully saturated rings. The average Bonchev–Trinajstić information content (AvgIpc) is 2.43. The molecule has 2 rings (SSSR count). The summed E-state index contributed by atoms with van der Waals surface area (Å²) < 4.78 is 26.5. The second-order valence-corrected chi connectivity index (χ2v) is 6.43. The zero-order valence-electron chi connectivity index (χ0n) is 11.2. The number of hydrogen-bond donors (Lipinski definition) is 1. The molecule has 1 aromatic rings. The predicted molar refractivity (Wildman–Crippen MR) is 77.7 cm³/mol. The Kier molecular flexibility index (Phi) is 5.52. The highest BCUT2D eigenvalue weighted by atomic mass is 79.9. The van der Waals surface area contributed by atoms with Crippen molar-refractivity contribution in [1.29, 1.82) is 0 Å². The molecule has 0 aromatic heterocycles. The minimum Gasteiger partial charge on any atom is -0.355 e. The second kappa shape index (κ2) is 7.16. The highest BCUT2D eigenvalue weighted by Crippen LogP contribution is 2.29. The number of hydrogen-bond acceptors (Lipinski definition) is 1. The maximum absolute atomic E-state index is 13.5. The van der Waals surface area contributed by atoms with Gasteiger partial charge in [0.2, 0.25) is 5.91 Å². The molecule has 2 atom stereocenters. The lowest BCUT2D eigenvalue weighted by Crippen LogP contribution is -2.35. The Morgan fingerprint density at radius 1 is 1.30 bits per heavy atom. The van der Waals surface area contributed by atoms with Crippen LogP contribution in [-0.2, 0) is 11.2 Å². The molecule has 0 spiro atoms. The fourth-order valence-electron chi connectivity index (χ4n) is 2.56. The monoisotopic (exact) mass is 345 g/mol. The molecule has 1 saturated carbocycles. The topological polar surface area (TPSA) is 29.1 Å². The standard InChI is InChI=1S/C15H18BrF2NO/c16-12-6-2-1-4-11(12)9-19-14(20)8-10-5-3-7-13(17)15(10)18/h3,5,7,11-12H,1-2,4,6,8-9H2,(H,19,20). The van der Waals surface area contributed by atoms with Crippen LogP contribution < -0.4 is 5.32 Å². The molecular formula is C15H18BrF2NO. The number of rotatable bonds is 4. The number of amides is 1. The molecule has 0 radical (unpaired) electrons. The molecule has 2 unspecified atom stereocenters.